The van der Waals surface area contributed by atoms with Crippen LogP contribution in [0.2, 0.25) is 5.02 Å². The number of fused-ring (bicyclic) bond motifs is 1. The van der Waals surface area contributed by atoms with E-state index in [0.717, 1.165) is 11.6 Å². The number of ether oxygens (including phenoxy) is 1. The fourth-order valence-corrected chi connectivity index (χ4v) is 3.88. The van der Waals surface area contributed by atoms with Gasteiger partial charge in [-0.05, 0) is 36.6 Å². The summed E-state index contributed by atoms with van der Waals surface area (Å²) in [6.45, 7) is 1.69. The van der Waals surface area contributed by atoms with Crippen LogP contribution in [0.1, 0.15) is 40.5 Å². The Labute approximate surface area is 181 Å². The fraction of sp³-hybridized carbons (Fsp3) is 0.273. The van der Waals surface area contributed by atoms with Crippen molar-refractivity contribution in [2.45, 2.75) is 32.5 Å². The largest absolute Gasteiger partial charge is 0.481 e. The Morgan fingerprint density at radius 1 is 1.13 bits per heavy atom. The molecule has 164 valence electrons. The number of rotatable bonds is 7. The lowest BCUT2D eigenvalue weighted by atomic mass is 10.0. The Balaban J connectivity index is 2.40. The monoisotopic (exact) mass is 453 g/mol. The van der Waals surface area contributed by atoms with E-state index >= 15 is 0 Å². The molecule has 1 heterocycles. The summed E-state index contributed by atoms with van der Waals surface area (Å²) in [6, 6.07) is 11.4. The van der Waals surface area contributed by atoms with Crippen molar-refractivity contribution in [2.75, 3.05) is 6.61 Å². The number of hydrogen-bond acceptors (Lipinski definition) is 3. The maximum absolute atomic E-state index is 13.9. The second-order valence-electron chi connectivity index (χ2n) is 6.83. The van der Waals surface area contributed by atoms with Gasteiger partial charge in [-0.3, -0.25) is 4.79 Å². The number of alkyl halides is 3. The number of aromatic nitrogens is 1. The van der Waals surface area contributed by atoms with Crippen molar-refractivity contribution in [3.63, 3.8) is 0 Å². The van der Waals surface area contributed by atoms with Gasteiger partial charge in [-0.1, -0.05) is 41.9 Å². The van der Waals surface area contributed by atoms with Gasteiger partial charge in [-0.15, -0.1) is 0 Å². The van der Waals surface area contributed by atoms with Gasteiger partial charge in [0, 0.05) is 23.9 Å². The zero-order chi connectivity index (χ0) is 22.8. The minimum atomic E-state index is -4.81. The van der Waals surface area contributed by atoms with E-state index in [1.54, 1.807) is 37.3 Å². The molecule has 0 atom stereocenters. The first kappa shape index (κ1) is 22.7. The average molecular weight is 454 g/mol. The third-order valence-electron chi connectivity index (χ3n) is 4.81. The molecule has 31 heavy (non-hydrogen) atoms. The molecule has 0 amide bonds. The van der Waals surface area contributed by atoms with Gasteiger partial charge in [-0.2, -0.15) is 13.2 Å². The van der Waals surface area contributed by atoms with E-state index in [9.17, 15) is 22.8 Å². The van der Waals surface area contributed by atoms with Crippen LogP contribution in [0.3, 0.4) is 0 Å². The number of esters is 1. The Morgan fingerprint density at radius 3 is 2.39 bits per heavy atom. The summed E-state index contributed by atoms with van der Waals surface area (Å²) in [5.41, 5.74) is -0.358. The molecule has 0 saturated heterocycles. The molecule has 0 bridgehead atoms. The number of carbonyl (C=O) groups is 2. The van der Waals surface area contributed by atoms with Gasteiger partial charge in [0.05, 0.1) is 17.2 Å². The van der Waals surface area contributed by atoms with Crippen LogP contribution in [-0.4, -0.2) is 28.2 Å². The molecule has 0 aliphatic heterocycles. The molecule has 0 aliphatic rings. The molecule has 3 aromatic rings. The first-order valence-electron chi connectivity index (χ1n) is 9.48. The predicted octanol–water partition coefficient (Wildman–Crippen LogP) is 5.56. The SMILES string of the molecule is CCOC(=O)c1c(CCC(=O)O)c2c(C(F)(F)F)c(Cl)ccc2n1Cc1ccccc1. The molecule has 3 rings (SSSR count). The van der Waals surface area contributed by atoms with Crippen LogP contribution >= 0.6 is 11.6 Å². The molecule has 9 heteroatoms. The fourth-order valence-electron chi connectivity index (χ4n) is 3.61. The Morgan fingerprint density at radius 2 is 1.81 bits per heavy atom. The maximum Gasteiger partial charge on any atom is 0.418 e. The highest BCUT2D eigenvalue weighted by Crippen LogP contribution is 2.43. The number of benzene rings is 2. The standard InChI is InChI=1S/C22H19ClF3NO4/c1-2-31-21(30)20-14(8-11-17(28)29)18-16(10-9-15(23)19(18)22(24,25)26)27(20)12-13-6-4-3-5-7-13/h3-7,9-10H,2,8,11-12H2,1H3,(H,28,29). The molecule has 0 aliphatic carbocycles. The van der Waals surface area contributed by atoms with Crippen LogP contribution in [0.4, 0.5) is 13.2 Å². The van der Waals surface area contributed by atoms with Crippen LogP contribution in [-0.2, 0) is 28.7 Å². The van der Waals surface area contributed by atoms with Gasteiger partial charge >= 0.3 is 18.1 Å². The third-order valence-corrected chi connectivity index (χ3v) is 5.12. The summed E-state index contributed by atoms with van der Waals surface area (Å²) in [6.07, 6.45) is -5.55. The van der Waals surface area contributed by atoms with Crippen LogP contribution in [0.5, 0.6) is 0 Å². The average Bonchev–Trinajstić information content (AvgIpc) is 2.99. The van der Waals surface area contributed by atoms with Gasteiger partial charge in [0.1, 0.15) is 5.69 Å². The summed E-state index contributed by atoms with van der Waals surface area (Å²) in [5, 5.41) is 8.33. The van der Waals surface area contributed by atoms with Crippen molar-refractivity contribution in [3.05, 3.63) is 69.9 Å². The zero-order valence-corrected chi connectivity index (χ0v) is 17.3. The second kappa shape index (κ2) is 9.01. The van der Waals surface area contributed by atoms with Crippen molar-refractivity contribution in [3.8, 4) is 0 Å². The van der Waals surface area contributed by atoms with Crippen molar-refractivity contribution in [1.82, 2.24) is 4.57 Å². The van der Waals surface area contributed by atoms with Gasteiger partial charge in [0.2, 0.25) is 0 Å². The maximum atomic E-state index is 13.9. The predicted molar refractivity (Wildman–Crippen MR) is 109 cm³/mol. The number of nitrogens with zero attached hydrogens (tertiary/aromatic N) is 1. The number of carboxylic acid groups (broad SMARTS) is 1. The number of aliphatic carboxylic acids is 1. The first-order valence-corrected chi connectivity index (χ1v) is 9.86. The number of aryl methyl sites for hydroxylation is 1. The van der Waals surface area contributed by atoms with E-state index in [-0.39, 0.29) is 41.7 Å². The smallest absolute Gasteiger partial charge is 0.418 e. The summed E-state index contributed by atoms with van der Waals surface area (Å²) in [4.78, 5) is 24.0. The van der Waals surface area contributed by atoms with E-state index in [4.69, 9.17) is 21.4 Å². The lowest BCUT2D eigenvalue weighted by Gasteiger charge is -2.13. The number of carboxylic acids is 1. The van der Waals surface area contributed by atoms with Crippen molar-refractivity contribution < 1.29 is 32.6 Å². The van der Waals surface area contributed by atoms with Crippen molar-refractivity contribution >= 4 is 34.4 Å². The summed E-state index contributed by atoms with van der Waals surface area (Å²) < 4.78 is 48.4. The summed E-state index contributed by atoms with van der Waals surface area (Å²) in [7, 11) is 0. The molecule has 0 unspecified atom stereocenters. The number of hydrogen-bond donors (Lipinski definition) is 1. The summed E-state index contributed by atoms with van der Waals surface area (Å²) in [5.74, 6) is -2.02. The molecule has 1 N–H and O–H groups in total. The minimum absolute atomic E-state index is 0.0109. The van der Waals surface area contributed by atoms with E-state index in [2.05, 4.69) is 0 Å². The molecule has 1 aromatic heterocycles. The Bertz CT molecular complexity index is 1120. The van der Waals surface area contributed by atoms with E-state index < -0.39 is 35.1 Å². The van der Waals surface area contributed by atoms with Crippen LogP contribution in [0.25, 0.3) is 10.9 Å². The molecule has 0 radical (unpaired) electrons. The Hall–Kier alpha value is -3.00. The lowest BCUT2D eigenvalue weighted by Crippen LogP contribution is -2.15. The van der Waals surface area contributed by atoms with Gasteiger partial charge in [-0.25, -0.2) is 4.79 Å². The van der Waals surface area contributed by atoms with Crippen LogP contribution < -0.4 is 0 Å². The molecule has 2 aromatic carbocycles. The quantitative estimate of drug-likeness (QED) is 0.476. The first-order chi connectivity index (χ1) is 14.6. The van der Waals surface area contributed by atoms with E-state index in [1.165, 1.54) is 10.6 Å². The molecular formula is C22H19ClF3NO4. The molecule has 0 spiro atoms. The molecular weight excluding hydrogens is 435 g/mol. The third kappa shape index (κ3) is 4.69. The van der Waals surface area contributed by atoms with E-state index in [0.29, 0.717) is 0 Å². The molecule has 5 nitrogen and oxygen atoms in total. The number of halogens is 4. The van der Waals surface area contributed by atoms with Crippen LogP contribution in [0.15, 0.2) is 42.5 Å². The normalized spacial score (nSPS) is 11.6. The number of carbonyl (C=O) groups excluding carboxylic acids is 1. The lowest BCUT2D eigenvalue weighted by molar-refractivity contribution is -0.137. The van der Waals surface area contributed by atoms with Crippen molar-refractivity contribution in [1.29, 1.82) is 0 Å². The van der Waals surface area contributed by atoms with Gasteiger partial charge < -0.3 is 14.4 Å². The highest BCUT2D eigenvalue weighted by Gasteiger charge is 2.39. The minimum Gasteiger partial charge on any atom is -0.481 e. The van der Waals surface area contributed by atoms with Gasteiger partial charge in [0.25, 0.3) is 0 Å². The second-order valence-corrected chi connectivity index (χ2v) is 7.23. The zero-order valence-electron chi connectivity index (χ0n) is 16.5. The van der Waals surface area contributed by atoms with Crippen LogP contribution in [0, 0.1) is 0 Å². The highest BCUT2D eigenvalue weighted by molar-refractivity contribution is 6.32. The Kier molecular flexibility index (Phi) is 6.59. The van der Waals surface area contributed by atoms with Crippen molar-refractivity contribution in [2.24, 2.45) is 0 Å². The summed E-state index contributed by atoms with van der Waals surface area (Å²) >= 11 is 5.92. The molecule has 0 saturated carbocycles. The van der Waals surface area contributed by atoms with E-state index in [1.807, 2.05) is 0 Å². The molecule has 0 fully saturated rings. The topological polar surface area (TPSA) is 68.5 Å². The van der Waals surface area contributed by atoms with Gasteiger partial charge in [0.15, 0.2) is 0 Å². The highest BCUT2D eigenvalue weighted by atomic mass is 35.5.